The molecule has 0 aromatic carbocycles. The van der Waals surface area contributed by atoms with E-state index in [-0.39, 0.29) is 6.04 Å². The molecule has 2 rings (SSSR count). The third-order valence-corrected chi connectivity index (χ3v) is 3.06. The summed E-state index contributed by atoms with van der Waals surface area (Å²) in [6.07, 6.45) is 4.03. The molecule has 14 heavy (non-hydrogen) atoms. The monoisotopic (exact) mass is 213 g/mol. The SMILES string of the molecule is CCCc1nc(Cl)c2n1CCC(N)C2. The van der Waals surface area contributed by atoms with Gasteiger partial charge in [0.2, 0.25) is 0 Å². The maximum Gasteiger partial charge on any atom is 0.150 e. The zero-order chi connectivity index (χ0) is 10.1. The highest BCUT2D eigenvalue weighted by Crippen LogP contribution is 2.24. The molecule has 0 bridgehead atoms. The van der Waals surface area contributed by atoms with Crippen LogP contribution >= 0.6 is 11.6 Å². The van der Waals surface area contributed by atoms with Gasteiger partial charge in [0.15, 0.2) is 5.15 Å². The number of nitrogens with two attached hydrogens (primary N) is 1. The van der Waals surface area contributed by atoms with Gasteiger partial charge in [-0.2, -0.15) is 0 Å². The van der Waals surface area contributed by atoms with Crippen LogP contribution in [0.1, 0.15) is 31.3 Å². The number of hydrogen-bond acceptors (Lipinski definition) is 2. The minimum absolute atomic E-state index is 0.256. The molecular formula is C10H16ClN3. The topological polar surface area (TPSA) is 43.8 Å². The number of rotatable bonds is 2. The number of aromatic nitrogens is 2. The van der Waals surface area contributed by atoms with Crippen LogP contribution in [0.25, 0.3) is 0 Å². The van der Waals surface area contributed by atoms with Crippen molar-refractivity contribution in [1.82, 2.24) is 9.55 Å². The average molecular weight is 214 g/mol. The van der Waals surface area contributed by atoms with Crippen molar-refractivity contribution in [2.75, 3.05) is 0 Å². The zero-order valence-corrected chi connectivity index (χ0v) is 9.22. The molecule has 1 aliphatic rings. The summed E-state index contributed by atoms with van der Waals surface area (Å²) in [6.45, 7) is 3.13. The standard InChI is InChI=1S/C10H16ClN3/c1-2-3-9-13-10(11)8-6-7(12)4-5-14(8)9/h7H,2-6,12H2,1H3. The minimum atomic E-state index is 0.256. The van der Waals surface area contributed by atoms with Crippen LogP contribution in [0.3, 0.4) is 0 Å². The van der Waals surface area contributed by atoms with Crippen molar-refractivity contribution in [1.29, 1.82) is 0 Å². The fourth-order valence-corrected chi connectivity index (χ4v) is 2.30. The van der Waals surface area contributed by atoms with Crippen molar-refractivity contribution in [3.05, 3.63) is 16.7 Å². The Balaban J connectivity index is 2.33. The first-order chi connectivity index (χ1) is 6.72. The van der Waals surface area contributed by atoms with Crippen molar-refractivity contribution in [2.45, 2.75) is 45.2 Å². The zero-order valence-electron chi connectivity index (χ0n) is 8.46. The van der Waals surface area contributed by atoms with E-state index in [1.165, 1.54) is 0 Å². The van der Waals surface area contributed by atoms with Crippen LogP contribution in [0, 0.1) is 0 Å². The van der Waals surface area contributed by atoms with Gasteiger partial charge in [-0.15, -0.1) is 0 Å². The Labute approximate surface area is 89.3 Å². The van der Waals surface area contributed by atoms with Gasteiger partial charge in [-0.25, -0.2) is 4.98 Å². The fraction of sp³-hybridized carbons (Fsp3) is 0.700. The maximum atomic E-state index is 6.08. The van der Waals surface area contributed by atoms with Crippen LogP contribution in [0.4, 0.5) is 0 Å². The third-order valence-electron chi connectivity index (χ3n) is 2.76. The van der Waals surface area contributed by atoms with Gasteiger partial charge in [-0.3, -0.25) is 0 Å². The molecule has 1 aliphatic heterocycles. The molecule has 1 aromatic rings. The predicted octanol–water partition coefficient (Wildman–Crippen LogP) is 1.76. The molecule has 1 aromatic heterocycles. The predicted molar refractivity (Wildman–Crippen MR) is 57.5 cm³/mol. The second-order valence-corrected chi connectivity index (χ2v) is 4.28. The average Bonchev–Trinajstić information content (AvgIpc) is 2.44. The van der Waals surface area contributed by atoms with Gasteiger partial charge >= 0.3 is 0 Å². The summed E-state index contributed by atoms with van der Waals surface area (Å²) < 4.78 is 2.25. The number of nitrogens with zero attached hydrogens (tertiary/aromatic N) is 2. The molecule has 2 N–H and O–H groups in total. The molecule has 0 amide bonds. The second kappa shape index (κ2) is 3.91. The Morgan fingerprint density at radius 3 is 3.14 bits per heavy atom. The van der Waals surface area contributed by atoms with Gasteiger partial charge in [0, 0.05) is 25.4 Å². The normalized spacial score (nSPS) is 20.9. The van der Waals surface area contributed by atoms with E-state index in [2.05, 4.69) is 16.5 Å². The maximum absolute atomic E-state index is 6.08. The molecule has 0 spiro atoms. The number of halogens is 1. The minimum Gasteiger partial charge on any atom is -0.330 e. The third kappa shape index (κ3) is 1.66. The van der Waals surface area contributed by atoms with Crippen molar-refractivity contribution >= 4 is 11.6 Å². The first-order valence-corrected chi connectivity index (χ1v) is 5.59. The molecule has 3 nitrogen and oxygen atoms in total. The summed E-state index contributed by atoms with van der Waals surface area (Å²) in [7, 11) is 0. The molecule has 78 valence electrons. The Morgan fingerprint density at radius 1 is 1.64 bits per heavy atom. The van der Waals surface area contributed by atoms with Crippen LogP contribution in [0.5, 0.6) is 0 Å². The molecule has 0 fully saturated rings. The first-order valence-electron chi connectivity index (χ1n) is 5.21. The Morgan fingerprint density at radius 2 is 2.43 bits per heavy atom. The number of aryl methyl sites for hydroxylation is 1. The molecule has 0 aliphatic carbocycles. The molecule has 1 unspecified atom stereocenters. The molecular weight excluding hydrogens is 198 g/mol. The van der Waals surface area contributed by atoms with E-state index in [0.717, 1.165) is 43.7 Å². The lowest BCUT2D eigenvalue weighted by Crippen LogP contribution is -2.31. The van der Waals surface area contributed by atoms with Crippen LogP contribution in [0.2, 0.25) is 5.15 Å². The van der Waals surface area contributed by atoms with Crippen LogP contribution < -0.4 is 5.73 Å². The highest BCUT2D eigenvalue weighted by atomic mass is 35.5. The van der Waals surface area contributed by atoms with Crippen LogP contribution in [-0.2, 0) is 19.4 Å². The first kappa shape index (κ1) is 9.99. The van der Waals surface area contributed by atoms with E-state index in [1.807, 2.05) is 0 Å². The summed E-state index contributed by atoms with van der Waals surface area (Å²) in [5.74, 6) is 1.12. The summed E-state index contributed by atoms with van der Waals surface area (Å²) in [5, 5.41) is 0.656. The summed E-state index contributed by atoms with van der Waals surface area (Å²) >= 11 is 6.08. The molecule has 0 saturated heterocycles. The fourth-order valence-electron chi connectivity index (χ4n) is 2.02. The molecule has 1 atom stereocenters. The molecule has 0 saturated carbocycles. The van der Waals surface area contributed by atoms with E-state index in [4.69, 9.17) is 17.3 Å². The molecule has 4 heteroatoms. The lowest BCUT2D eigenvalue weighted by Gasteiger charge is -2.21. The number of fused-ring (bicyclic) bond motifs is 1. The van der Waals surface area contributed by atoms with Gasteiger partial charge in [0.05, 0.1) is 5.69 Å². The molecule has 2 heterocycles. The van der Waals surface area contributed by atoms with Crippen LogP contribution in [0.15, 0.2) is 0 Å². The summed E-state index contributed by atoms with van der Waals surface area (Å²) in [4.78, 5) is 4.39. The summed E-state index contributed by atoms with van der Waals surface area (Å²) in [5.41, 5.74) is 7.04. The van der Waals surface area contributed by atoms with Crippen LogP contribution in [-0.4, -0.2) is 15.6 Å². The quantitative estimate of drug-likeness (QED) is 0.814. The van der Waals surface area contributed by atoms with Crippen molar-refractivity contribution in [3.63, 3.8) is 0 Å². The van der Waals surface area contributed by atoms with Gasteiger partial charge in [0.25, 0.3) is 0 Å². The van der Waals surface area contributed by atoms with Gasteiger partial charge in [-0.05, 0) is 12.8 Å². The number of imidazole rings is 1. The van der Waals surface area contributed by atoms with Gasteiger partial charge in [0.1, 0.15) is 5.82 Å². The lowest BCUT2D eigenvalue weighted by molar-refractivity contribution is 0.459. The highest BCUT2D eigenvalue weighted by Gasteiger charge is 2.21. The van der Waals surface area contributed by atoms with Crippen molar-refractivity contribution in [3.8, 4) is 0 Å². The smallest absolute Gasteiger partial charge is 0.150 e. The Bertz CT molecular complexity index is 332. The second-order valence-electron chi connectivity index (χ2n) is 3.92. The molecule has 0 radical (unpaired) electrons. The van der Waals surface area contributed by atoms with E-state index in [1.54, 1.807) is 0 Å². The Hall–Kier alpha value is -0.540. The van der Waals surface area contributed by atoms with E-state index < -0.39 is 0 Å². The lowest BCUT2D eigenvalue weighted by atomic mass is 10.1. The summed E-state index contributed by atoms with van der Waals surface area (Å²) in [6, 6.07) is 0.256. The highest BCUT2D eigenvalue weighted by molar-refractivity contribution is 6.30. The van der Waals surface area contributed by atoms with E-state index >= 15 is 0 Å². The van der Waals surface area contributed by atoms with Crippen molar-refractivity contribution < 1.29 is 0 Å². The van der Waals surface area contributed by atoms with E-state index in [9.17, 15) is 0 Å². The Kier molecular flexibility index (Phi) is 2.79. The van der Waals surface area contributed by atoms with Crippen molar-refractivity contribution in [2.24, 2.45) is 5.73 Å². The number of hydrogen-bond donors (Lipinski definition) is 1. The van der Waals surface area contributed by atoms with Gasteiger partial charge in [-0.1, -0.05) is 18.5 Å². The largest absolute Gasteiger partial charge is 0.330 e. The van der Waals surface area contributed by atoms with E-state index in [0.29, 0.717) is 5.15 Å². The van der Waals surface area contributed by atoms with Gasteiger partial charge < -0.3 is 10.3 Å².